The van der Waals surface area contributed by atoms with Crippen LogP contribution in [0.15, 0.2) is 12.3 Å². The molecule has 0 radical (unpaired) electrons. The van der Waals surface area contributed by atoms with Crippen LogP contribution in [0.1, 0.15) is 49.9 Å². The SMILES string of the molecule is CNc1ncc(F)cc1C(=O)NC1CCCCC1(C)C. The van der Waals surface area contributed by atoms with E-state index in [0.29, 0.717) is 5.82 Å². The minimum atomic E-state index is -0.503. The van der Waals surface area contributed by atoms with Gasteiger partial charge in [0.05, 0.1) is 11.8 Å². The predicted octanol–water partition coefficient (Wildman–Crippen LogP) is 2.96. The van der Waals surface area contributed by atoms with Gasteiger partial charge >= 0.3 is 0 Å². The topological polar surface area (TPSA) is 54.0 Å². The van der Waals surface area contributed by atoms with Crippen LogP contribution in [-0.4, -0.2) is 24.0 Å². The van der Waals surface area contributed by atoms with Crippen molar-refractivity contribution >= 4 is 11.7 Å². The van der Waals surface area contributed by atoms with Crippen LogP contribution in [-0.2, 0) is 0 Å². The molecule has 1 saturated carbocycles. The summed E-state index contributed by atoms with van der Waals surface area (Å²) in [4.78, 5) is 16.3. The van der Waals surface area contributed by atoms with Gasteiger partial charge < -0.3 is 10.6 Å². The lowest BCUT2D eigenvalue weighted by Crippen LogP contribution is -2.47. The van der Waals surface area contributed by atoms with Gasteiger partial charge in [-0.25, -0.2) is 9.37 Å². The Hall–Kier alpha value is -1.65. The van der Waals surface area contributed by atoms with Crippen LogP contribution in [0.4, 0.5) is 10.2 Å². The number of halogens is 1. The minimum Gasteiger partial charge on any atom is -0.372 e. The molecule has 1 aliphatic carbocycles. The third kappa shape index (κ3) is 3.08. The fourth-order valence-corrected chi connectivity index (χ4v) is 2.81. The first-order chi connectivity index (χ1) is 9.44. The third-order valence-electron chi connectivity index (χ3n) is 4.15. The Morgan fingerprint density at radius 2 is 2.20 bits per heavy atom. The molecule has 1 unspecified atom stereocenters. The van der Waals surface area contributed by atoms with E-state index in [0.717, 1.165) is 25.5 Å². The van der Waals surface area contributed by atoms with E-state index in [1.807, 2.05) is 0 Å². The van der Waals surface area contributed by atoms with Crippen molar-refractivity contribution in [1.29, 1.82) is 0 Å². The van der Waals surface area contributed by atoms with E-state index in [1.165, 1.54) is 12.5 Å². The second-order valence-corrected chi connectivity index (χ2v) is 6.06. The molecule has 1 aromatic rings. The summed E-state index contributed by atoms with van der Waals surface area (Å²) in [5.74, 6) is -0.365. The van der Waals surface area contributed by atoms with Crippen LogP contribution in [0.3, 0.4) is 0 Å². The molecule has 2 rings (SSSR count). The van der Waals surface area contributed by atoms with E-state index in [-0.39, 0.29) is 22.9 Å². The van der Waals surface area contributed by atoms with Crippen molar-refractivity contribution in [1.82, 2.24) is 10.3 Å². The molecule has 0 bridgehead atoms. The Morgan fingerprint density at radius 3 is 2.85 bits per heavy atom. The van der Waals surface area contributed by atoms with E-state index < -0.39 is 5.82 Å². The van der Waals surface area contributed by atoms with Crippen molar-refractivity contribution in [3.63, 3.8) is 0 Å². The lowest BCUT2D eigenvalue weighted by molar-refractivity contribution is 0.0853. The van der Waals surface area contributed by atoms with Crippen molar-refractivity contribution in [2.75, 3.05) is 12.4 Å². The van der Waals surface area contributed by atoms with Gasteiger partial charge in [-0.05, 0) is 24.3 Å². The van der Waals surface area contributed by atoms with E-state index >= 15 is 0 Å². The Kier molecular flexibility index (Phi) is 4.26. The second-order valence-electron chi connectivity index (χ2n) is 6.06. The monoisotopic (exact) mass is 279 g/mol. The van der Waals surface area contributed by atoms with Gasteiger partial charge in [-0.1, -0.05) is 26.7 Å². The van der Waals surface area contributed by atoms with Crippen LogP contribution in [0.2, 0.25) is 0 Å². The first kappa shape index (κ1) is 14.8. The fraction of sp³-hybridized carbons (Fsp3) is 0.600. The number of rotatable bonds is 3. The van der Waals surface area contributed by atoms with E-state index in [4.69, 9.17) is 0 Å². The number of amides is 1. The second kappa shape index (κ2) is 5.77. The number of nitrogens with one attached hydrogen (secondary N) is 2. The van der Waals surface area contributed by atoms with Gasteiger partial charge in [-0.2, -0.15) is 0 Å². The van der Waals surface area contributed by atoms with Gasteiger partial charge in [-0.3, -0.25) is 4.79 Å². The number of nitrogens with zero attached hydrogens (tertiary/aromatic N) is 1. The average Bonchev–Trinajstić information content (AvgIpc) is 2.41. The standard InChI is InChI=1S/C15H22FN3O/c1-15(2)7-5-4-6-12(15)19-14(20)11-8-10(16)9-18-13(11)17-3/h8-9,12H,4-7H2,1-3H3,(H,17,18)(H,19,20). The summed E-state index contributed by atoms with van der Waals surface area (Å²) in [7, 11) is 1.67. The summed E-state index contributed by atoms with van der Waals surface area (Å²) in [6.07, 6.45) is 5.49. The fourth-order valence-electron chi connectivity index (χ4n) is 2.81. The van der Waals surface area contributed by atoms with Gasteiger partial charge in [0.2, 0.25) is 0 Å². The number of hydrogen-bond donors (Lipinski definition) is 2. The maximum Gasteiger partial charge on any atom is 0.255 e. The Labute approximate surface area is 119 Å². The van der Waals surface area contributed by atoms with Gasteiger partial charge in [0.25, 0.3) is 5.91 Å². The molecular weight excluding hydrogens is 257 g/mol. The Morgan fingerprint density at radius 1 is 1.45 bits per heavy atom. The number of hydrogen-bond acceptors (Lipinski definition) is 3. The summed E-state index contributed by atoms with van der Waals surface area (Å²) in [6.45, 7) is 4.33. The zero-order valence-corrected chi connectivity index (χ0v) is 12.3. The van der Waals surface area contributed by atoms with Crippen molar-refractivity contribution in [3.05, 3.63) is 23.6 Å². The molecule has 20 heavy (non-hydrogen) atoms. The van der Waals surface area contributed by atoms with Crippen LogP contribution >= 0.6 is 0 Å². The summed E-state index contributed by atoms with van der Waals surface area (Å²) in [5.41, 5.74) is 0.336. The molecule has 1 aromatic heterocycles. The Bertz CT molecular complexity index is 502. The van der Waals surface area contributed by atoms with Crippen molar-refractivity contribution in [2.45, 2.75) is 45.6 Å². The molecular formula is C15H22FN3O. The van der Waals surface area contributed by atoms with Gasteiger partial charge in [0, 0.05) is 13.1 Å². The molecule has 110 valence electrons. The van der Waals surface area contributed by atoms with Crippen molar-refractivity contribution in [3.8, 4) is 0 Å². The highest BCUT2D eigenvalue weighted by atomic mass is 19.1. The molecule has 1 heterocycles. The lowest BCUT2D eigenvalue weighted by atomic mass is 9.73. The molecule has 1 aliphatic rings. The number of anilines is 1. The number of carbonyl (C=O) groups excluding carboxylic acids is 1. The molecule has 5 heteroatoms. The maximum atomic E-state index is 13.3. The Balaban J connectivity index is 2.17. The van der Waals surface area contributed by atoms with E-state index in [2.05, 4.69) is 29.5 Å². The molecule has 0 aromatic carbocycles. The molecule has 0 spiro atoms. The molecule has 1 fully saturated rings. The highest BCUT2D eigenvalue weighted by Crippen LogP contribution is 2.35. The zero-order chi connectivity index (χ0) is 14.8. The maximum absolute atomic E-state index is 13.3. The molecule has 0 saturated heterocycles. The van der Waals surface area contributed by atoms with Crippen LogP contribution < -0.4 is 10.6 Å². The highest BCUT2D eigenvalue weighted by Gasteiger charge is 2.33. The first-order valence-electron chi connectivity index (χ1n) is 7.08. The van der Waals surface area contributed by atoms with E-state index in [1.54, 1.807) is 7.05 Å². The molecule has 1 amide bonds. The van der Waals surface area contributed by atoms with E-state index in [9.17, 15) is 9.18 Å². The number of pyridine rings is 1. The smallest absolute Gasteiger partial charge is 0.255 e. The highest BCUT2D eigenvalue weighted by molar-refractivity contribution is 5.98. The van der Waals surface area contributed by atoms with Gasteiger partial charge in [0.1, 0.15) is 11.6 Å². The number of aromatic nitrogens is 1. The normalized spacial score (nSPS) is 21.3. The summed E-state index contributed by atoms with van der Waals surface area (Å²) >= 11 is 0. The number of carbonyl (C=O) groups is 1. The summed E-state index contributed by atoms with van der Waals surface area (Å²) in [5, 5.41) is 5.86. The van der Waals surface area contributed by atoms with Gasteiger partial charge in [0.15, 0.2) is 0 Å². The quantitative estimate of drug-likeness (QED) is 0.894. The third-order valence-corrected chi connectivity index (χ3v) is 4.15. The molecule has 4 nitrogen and oxygen atoms in total. The summed E-state index contributed by atoms with van der Waals surface area (Å²) < 4.78 is 13.3. The largest absolute Gasteiger partial charge is 0.372 e. The predicted molar refractivity (Wildman–Crippen MR) is 77.2 cm³/mol. The first-order valence-corrected chi connectivity index (χ1v) is 7.08. The lowest BCUT2D eigenvalue weighted by Gasteiger charge is -2.39. The minimum absolute atomic E-state index is 0.0778. The summed E-state index contributed by atoms with van der Waals surface area (Å²) in [6, 6.07) is 1.35. The van der Waals surface area contributed by atoms with Crippen LogP contribution in [0.25, 0.3) is 0 Å². The molecule has 1 atom stereocenters. The average molecular weight is 279 g/mol. The van der Waals surface area contributed by atoms with Crippen molar-refractivity contribution in [2.24, 2.45) is 5.41 Å². The van der Waals surface area contributed by atoms with Gasteiger partial charge in [-0.15, -0.1) is 0 Å². The zero-order valence-electron chi connectivity index (χ0n) is 12.3. The molecule has 2 N–H and O–H groups in total. The van der Waals surface area contributed by atoms with Crippen molar-refractivity contribution < 1.29 is 9.18 Å². The van der Waals surface area contributed by atoms with Crippen LogP contribution in [0.5, 0.6) is 0 Å². The molecule has 0 aliphatic heterocycles. The van der Waals surface area contributed by atoms with Crippen LogP contribution in [0, 0.1) is 11.2 Å².